The summed E-state index contributed by atoms with van der Waals surface area (Å²) in [6.45, 7) is 23.9. The Labute approximate surface area is 263 Å². The second-order valence-corrected chi connectivity index (χ2v) is 17.4. The van der Waals surface area contributed by atoms with Gasteiger partial charge >= 0.3 is 0 Å². The normalized spacial score (nSPS) is 14.2. The highest BCUT2D eigenvalue weighted by atomic mass is 28.3. The van der Waals surface area contributed by atoms with Gasteiger partial charge in [-0.25, -0.2) is 0 Å². The van der Waals surface area contributed by atoms with Crippen LogP contribution in [0.4, 0.5) is 17.1 Å². The minimum Gasteiger partial charge on any atom is -0.377 e. The number of benzene rings is 3. The van der Waals surface area contributed by atoms with E-state index in [1.54, 1.807) is 26.7 Å². The van der Waals surface area contributed by atoms with Gasteiger partial charge in [-0.1, -0.05) is 46.0 Å². The molecule has 0 bridgehead atoms. The van der Waals surface area contributed by atoms with Crippen LogP contribution in [-0.4, -0.2) is 50.4 Å². The van der Waals surface area contributed by atoms with Gasteiger partial charge in [0.2, 0.25) is 0 Å². The number of anilines is 3. The Morgan fingerprint density at radius 1 is 0.419 bits per heavy atom. The van der Waals surface area contributed by atoms with Crippen molar-refractivity contribution in [1.29, 1.82) is 0 Å². The molecule has 1 aliphatic carbocycles. The van der Waals surface area contributed by atoms with Gasteiger partial charge in [0, 0.05) is 64.9 Å². The second kappa shape index (κ2) is 11.7. The summed E-state index contributed by atoms with van der Waals surface area (Å²) in [5.74, 6) is 0. The third kappa shape index (κ3) is 4.86. The fourth-order valence-corrected chi connectivity index (χ4v) is 16.2. The molecular formula is C39H55N3Si. The van der Waals surface area contributed by atoms with E-state index in [9.17, 15) is 0 Å². The van der Waals surface area contributed by atoms with E-state index < -0.39 is 8.07 Å². The Bertz CT molecular complexity index is 1470. The van der Waals surface area contributed by atoms with Gasteiger partial charge in [-0.15, -0.1) is 0 Å². The van der Waals surface area contributed by atoms with E-state index in [1.165, 1.54) is 61.6 Å². The summed E-state index contributed by atoms with van der Waals surface area (Å²) in [6, 6.07) is 14.2. The van der Waals surface area contributed by atoms with Crippen molar-refractivity contribution >= 4 is 40.7 Å². The Morgan fingerprint density at radius 3 is 0.907 bits per heavy atom. The number of aryl methyl sites for hydroxylation is 3. The lowest BCUT2D eigenvalue weighted by molar-refractivity contribution is 1.07. The van der Waals surface area contributed by atoms with Crippen LogP contribution in [0.15, 0.2) is 58.7 Å². The quantitative estimate of drug-likeness (QED) is 0.211. The highest BCUT2D eigenvalue weighted by molar-refractivity contribution is 7.14. The average molecular weight is 594 g/mol. The fourth-order valence-electron chi connectivity index (χ4n) is 8.59. The topological polar surface area (TPSA) is 9.72 Å². The Morgan fingerprint density at radius 2 is 0.674 bits per heavy atom. The van der Waals surface area contributed by atoms with Crippen molar-refractivity contribution in [2.45, 2.75) is 74.8 Å². The SMILES string of the molecule is CC1=C(C)C([Si](c2c(C)ccc(N(C)C)c2C)(c2c(C)ccc(N(C)C)c2C)c2c(C)ccc(N(C)C)c2C)C(C)=C1C. The van der Waals surface area contributed by atoms with Crippen LogP contribution in [0.2, 0.25) is 5.54 Å². The molecule has 4 heteroatoms. The molecule has 0 N–H and O–H groups in total. The van der Waals surface area contributed by atoms with Gasteiger partial charge in [0.15, 0.2) is 8.07 Å². The van der Waals surface area contributed by atoms with Crippen LogP contribution in [0.25, 0.3) is 0 Å². The van der Waals surface area contributed by atoms with Gasteiger partial charge in [-0.2, -0.15) is 0 Å². The van der Waals surface area contributed by atoms with Gasteiger partial charge in [0.25, 0.3) is 0 Å². The first-order valence-electron chi connectivity index (χ1n) is 15.7. The van der Waals surface area contributed by atoms with Crippen LogP contribution in [-0.2, 0) is 0 Å². The van der Waals surface area contributed by atoms with Crippen molar-refractivity contribution in [3.05, 3.63) is 92.1 Å². The summed E-state index contributed by atoms with van der Waals surface area (Å²) in [5.41, 5.74) is 18.7. The van der Waals surface area contributed by atoms with E-state index in [2.05, 4.69) is 163 Å². The number of nitrogens with zero attached hydrogens (tertiary/aromatic N) is 3. The van der Waals surface area contributed by atoms with Crippen LogP contribution in [0.5, 0.6) is 0 Å². The zero-order valence-electron chi connectivity index (χ0n) is 29.9. The van der Waals surface area contributed by atoms with E-state index in [0.29, 0.717) is 5.54 Å². The second-order valence-electron chi connectivity index (χ2n) is 13.7. The molecule has 3 aromatic rings. The monoisotopic (exact) mass is 593 g/mol. The molecule has 0 saturated carbocycles. The molecule has 230 valence electrons. The molecule has 0 spiro atoms. The minimum absolute atomic E-state index is 0.312. The largest absolute Gasteiger partial charge is 0.377 e. The third-order valence-electron chi connectivity index (χ3n) is 10.6. The Hall–Kier alpha value is -3.24. The first kappa shape index (κ1) is 32.7. The molecule has 1 aliphatic rings. The summed E-state index contributed by atoms with van der Waals surface area (Å²) in [7, 11) is 10.3. The van der Waals surface area contributed by atoms with Crippen molar-refractivity contribution < 1.29 is 0 Å². The number of allylic oxidation sites excluding steroid dienone is 4. The maximum atomic E-state index is 2.43. The zero-order valence-corrected chi connectivity index (χ0v) is 30.9. The molecule has 0 amide bonds. The summed E-state index contributed by atoms with van der Waals surface area (Å²) in [4.78, 5) is 6.92. The first-order chi connectivity index (χ1) is 20.0. The van der Waals surface area contributed by atoms with Crippen LogP contribution >= 0.6 is 0 Å². The lowest BCUT2D eigenvalue weighted by Crippen LogP contribution is -2.74. The summed E-state index contributed by atoms with van der Waals surface area (Å²) >= 11 is 0. The van der Waals surface area contributed by atoms with E-state index >= 15 is 0 Å². The van der Waals surface area contributed by atoms with Crippen molar-refractivity contribution in [3.63, 3.8) is 0 Å². The molecular weight excluding hydrogens is 539 g/mol. The summed E-state index contributed by atoms with van der Waals surface area (Å²) < 4.78 is 0. The van der Waals surface area contributed by atoms with Crippen LogP contribution in [0.1, 0.15) is 61.1 Å². The molecule has 4 rings (SSSR count). The standard InChI is InChI=1S/C39H55N3Si/c1-23-17-20-33(40(11)12)30(8)36(23)43(39-28(6)26(4)27(5)29(39)7,37-24(2)18-21-34(31(37)9)41(13)14)38-25(3)19-22-35(32(38)10)42(15)16/h17-22,39H,1-16H3. The zero-order chi connectivity index (χ0) is 32.3. The van der Waals surface area contributed by atoms with Crippen LogP contribution < -0.4 is 30.3 Å². The number of hydrogen-bond acceptors (Lipinski definition) is 3. The fraction of sp³-hybridized carbons (Fsp3) is 0.436. The molecule has 0 saturated heterocycles. The predicted molar refractivity (Wildman–Crippen MR) is 196 cm³/mol. The first-order valence-corrected chi connectivity index (χ1v) is 17.8. The van der Waals surface area contributed by atoms with Gasteiger partial charge in [0.05, 0.1) is 0 Å². The van der Waals surface area contributed by atoms with Gasteiger partial charge in [-0.05, 0) is 131 Å². The molecule has 3 aromatic carbocycles. The molecule has 3 nitrogen and oxygen atoms in total. The predicted octanol–water partition coefficient (Wildman–Crippen LogP) is 7.26. The molecule has 43 heavy (non-hydrogen) atoms. The average Bonchev–Trinajstić information content (AvgIpc) is 3.09. The maximum Gasteiger partial charge on any atom is 0.161 e. The summed E-state index contributed by atoms with van der Waals surface area (Å²) in [5, 5.41) is 4.73. The van der Waals surface area contributed by atoms with E-state index in [1.807, 2.05) is 0 Å². The van der Waals surface area contributed by atoms with E-state index in [0.717, 1.165) is 0 Å². The van der Waals surface area contributed by atoms with Crippen molar-refractivity contribution in [3.8, 4) is 0 Å². The van der Waals surface area contributed by atoms with Crippen LogP contribution in [0.3, 0.4) is 0 Å². The molecule has 0 radical (unpaired) electrons. The van der Waals surface area contributed by atoms with Crippen molar-refractivity contribution in [1.82, 2.24) is 0 Å². The molecule has 0 fully saturated rings. The number of rotatable bonds is 7. The van der Waals surface area contributed by atoms with Gasteiger partial charge < -0.3 is 14.7 Å². The van der Waals surface area contributed by atoms with E-state index in [-0.39, 0.29) is 0 Å². The molecule has 0 heterocycles. The highest BCUT2D eigenvalue weighted by Gasteiger charge is 2.54. The smallest absolute Gasteiger partial charge is 0.161 e. The van der Waals surface area contributed by atoms with Crippen molar-refractivity contribution in [2.24, 2.45) is 0 Å². The van der Waals surface area contributed by atoms with E-state index in [4.69, 9.17) is 0 Å². The maximum absolute atomic E-state index is 2.90. The highest BCUT2D eigenvalue weighted by Crippen LogP contribution is 2.48. The third-order valence-corrected chi connectivity index (χ3v) is 17.0. The molecule has 0 aliphatic heterocycles. The van der Waals surface area contributed by atoms with Gasteiger partial charge in [-0.3, -0.25) is 0 Å². The van der Waals surface area contributed by atoms with Crippen molar-refractivity contribution in [2.75, 3.05) is 57.0 Å². The minimum atomic E-state index is -2.90. The van der Waals surface area contributed by atoms with Crippen LogP contribution in [0, 0.1) is 41.5 Å². The molecule has 0 atom stereocenters. The Kier molecular flexibility index (Phi) is 8.88. The lowest BCUT2D eigenvalue weighted by atomic mass is 10.1. The number of hydrogen-bond donors (Lipinski definition) is 0. The van der Waals surface area contributed by atoms with Gasteiger partial charge in [0.1, 0.15) is 0 Å². The lowest BCUT2D eigenvalue weighted by Gasteiger charge is -2.47. The summed E-state index contributed by atoms with van der Waals surface area (Å²) in [6.07, 6.45) is 0. The molecule has 0 unspecified atom stereocenters. The Balaban J connectivity index is 2.50. The molecule has 0 aromatic heterocycles.